The second-order valence-corrected chi connectivity index (χ2v) is 17.9. The van der Waals surface area contributed by atoms with Gasteiger partial charge in [0.05, 0.1) is 43.0 Å². The van der Waals surface area contributed by atoms with Gasteiger partial charge in [-0.05, 0) is 30.9 Å². The molecule has 4 heterocycles. The lowest BCUT2D eigenvalue weighted by Crippen LogP contribution is -2.39. The van der Waals surface area contributed by atoms with Crippen molar-refractivity contribution in [2.75, 3.05) is 51.3 Å². The Morgan fingerprint density at radius 1 is 1.20 bits per heavy atom. The standard InChI is InChI=1S/C29H44N8O2Si/c1-40(2,3)19-18-39-22-36-12-9-24-27(32-21-33-29(24)36)25-20-37(26(8-10-30)23-6-4-5-7-23)34-28(25)31-11-13-35-14-16-38-17-15-35/h9,12,20-21,23,26H,4-8,11,13-19,22H2,1-3H3,(H,31,34). The van der Waals surface area contributed by atoms with Crippen LogP contribution in [0.1, 0.15) is 38.1 Å². The number of anilines is 1. The van der Waals surface area contributed by atoms with Crippen LogP contribution in [0.3, 0.4) is 0 Å². The molecular weight excluding hydrogens is 520 g/mol. The summed E-state index contributed by atoms with van der Waals surface area (Å²) in [6.45, 7) is 13.5. The van der Waals surface area contributed by atoms with Crippen molar-refractivity contribution >= 4 is 24.9 Å². The van der Waals surface area contributed by atoms with E-state index in [1.165, 1.54) is 12.8 Å². The van der Waals surface area contributed by atoms with E-state index in [1.54, 1.807) is 6.33 Å². The smallest absolute Gasteiger partial charge is 0.157 e. The van der Waals surface area contributed by atoms with Crippen molar-refractivity contribution in [1.29, 1.82) is 5.26 Å². The van der Waals surface area contributed by atoms with Crippen molar-refractivity contribution in [3.63, 3.8) is 0 Å². The lowest BCUT2D eigenvalue weighted by Gasteiger charge is -2.26. The van der Waals surface area contributed by atoms with Crippen molar-refractivity contribution in [3.05, 3.63) is 24.8 Å². The first-order valence-electron chi connectivity index (χ1n) is 14.8. The van der Waals surface area contributed by atoms with Crippen molar-refractivity contribution in [2.24, 2.45) is 5.92 Å². The first-order chi connectivity index (χ1) is 19.4. The first kappa shape index (κ1) is 28.7. The van der Waals surface area contributed by atoms with Gasteiger partial charge >= 0.3 is 0 Å². The summed E-state index contributed by atoms with van der Waals surface area (Å²) in [5, 5.41) is 19.3. The van der Waals surface area contributed by atoms with E-state index in [0.717, 1.165) is 93.0 Å². The van der Waals surface area contributed by atoms with Gasteiger partial charge in [-0.2, -0.15) is 10.4 Å². The van der Waals surface area contributed by atoms with Gasteiger partial charge in [0.2, 0.25) is 0 Å². The lowest BCUT2D eigenvalue weighted by atomic mass is 9.96. The predicted octanol–water partition coefficient (Wildman–Crippen LogP) is 5.00. The highest BCUT2D eigenvalue weighted by molar-refractivity contribution is 6.76. The van der Waals surface area contributed by atoms with Gasteiger partial charge < -0.3 is 19.4 Å². The fraction of sp³-hybridized carbons (Fsp3) is 0.655. The summed E-state index contributed by atoms with van der Waals surface area (Å²) in [7, 11) is -1.14. The van der Waals surface area contributed by atoms with Crippen LogP contribution in [-0.2, 0) is 16.2 Å². The summed E-state index contributed by atoms with van der Waals surface area (Å²) in [6, 6.07) is 5.71. The Balaban J connectivity index is 1.41. The van der Waals surface area contributed by atoms with Crippen LogP contribution >= 0.6 is 0 Å². The molecule has 1 N–H and O–H groups in total. The largest absolute Gasteiger partial charge is 0.379 e. The molecule has 2 fully saturated rings. The Bertz CT molecular complexity index is 1280. The Hall–Kier alpha value is -2.78. The third-order valence-electron chi connectivity index (χ3n) is 8.18. The van der Waals surface area contributed by atoms with Crippen LogP contribution < -0.4 is 5.32 Å². The van der Waals surface area contributed by atoms with E-state index >= 15 is 0 Å². The summed E-state index contributed by atoms with van der Waals surface area (Å²) < 4.78 is 15.6. The molecular formula is C29H44N8O2Si. The number of nitrogens with one attached hydrogen (secondary N) is 1. The molecule has 10 nitrogen and oxygen atoms in total. The lowest BCUT2D eigenvalue weighted by molar-refractivity contribution is 0.0398. The molecule has 0 bridgehead atoms. The number of ether oxygens (including phenoxy) is 2. The highest BCUT2D eigenvalue weighted by Gasteiger charge is 2.29. The molecule has 1 unspecified atom stereocenters. The number of nitriles is 1. The first-order valence-corrected chi connectivity index (χ1v) is 18.5. The minimum atomic E-state index is -1.14. The summed E-state index contributed by atoms with van der Waals surface area (Å²) in [4.78, 5) is 11.8. The van der Waals surface area contributed by atoms with Crippen LogP contribution in [-0.4, -0.2) is 83.3 Å². The summed E-state index contributed by atoms with van der Waals surface area (Å²) in [5.74, 6) is 1.29. The summed E-state index contributed by atoms with van der Waals surface area (Å²) in [6.07, 6.45) is 11.0. The van der Waals surface area contributed by atoms with E-state index in [4.69, 9.17) is 19.6 Å². The Morgan fingerprint density at radius 3 is 2.75 bits per heavy atom. The molecule has 3 aromatic rings. The number of nitrogens with zero attached hydrogens (tertiary/aromatic N) is 7. The minimum absolute atomic E-state index is 0.0720. The Labute approximate surface area is 238 Å². The molecule has 1 saturated carbocycles. The maximum atomic E-state index is 9.66. The predicted molar refractivity (Wildman–Crippen MR) is 160 cm³/mol. The van der Waals surface area contributed by atoms with Crippen LogP contribution in [0.5, 0.6) is 0 Å². The normalized spacial score (nSPS) is 17.9. The molecule has 0 spiro atoms. The van der Waals surface area contributed by atoms with Crippen LogP contribution in [0.15, 0.2) is 24.8 Å². The quantitative estimate of drug-likeness (QED) is 0.228. The van der Waals surface area contributed by atoms with Crippen molar-refractivity contribution in [3.8, 4) is 17.3 Å². The summed E-state index contributed by atoms with van der Waals surface area (Å²) in [5.41, 5.74) is 2.66. The number of aromatic nitrogens is 5. The van der Waals surface area contributed by atoms with Crippen LogP contribution in [0, 0.1) is 17.2 Å². The van der Waals surface area contributed by atoms with Gasteiger partial charge in [-0.25, -0.2) is 9.97 Å². The second-order valence-electron chi connectivity index (χ2n) is 12.3. The monoisotopic (exact) mass is 564 g/mol. The summed E-state index contributed by atoms with van der Waals surface area (Å²) >= 11 is 0. The van der Waals surface area contributed by atoms with Crippen molar-refractivity contribution in [2.45, 2.75) is 70.6 Å². The molecule has 1 aliphatic carbocycles. The van der Waals surface area contributed by atoms with Crippen molar-refractivity contribution < 1.29 is 9.47 Å². The van der Waals surface area contributed by atoms with Crippen molar-refractivity contribution in [1.82, 2.24) is 29.2 Å². The van der Waals surface area contributed by atoms with Gasteiger partial charge in [-0.1, -0.05) is 32.5 Å². The Morgan fingerprint density at radius 2 is 2.00 bits per heavy atom. The van der Waals surface area contributed by atoms with Gasteiger partial charge in [-0.3, -0.25) is 9.58 Å². The topological polar surface area (TPSA) is 106 Å². The van der Waals surface area contributed by atoms with E-state index in [1.807, 2.05) is 10.9 Å². The molecule has 1 atom stereocenters. The zero-order valence-electron chi connectivity index (χ0n) is 24.3. The molecule has 5 rings (SSSR count). The molecule has 3 aromatic heterocycles. The van der Waals surface area contributed by atoms with Gasteiger partial charge in [0, 0.05) is 58.6 Å². The molecule has 0 amide bonds. The Kier molecular flexibility index (Phi) is 9.52. The maximum Gasteiger partial charge on any atom is 0.157 e. The molecule has 0 radical (unpaired) electrons. The van der Waals surface area contributed by atoms with Gasteiger partial charge in [0.25, 0.3) is 0 Å². The number of morpholine rings is 1. The third-order valence-corrected chi connectivity index (χ3v) is 9.88. The number of fused-ring (bicyclic) bond motifs is 1. The highest BCUT2D eigenvalue weighted by atomic mass is 28.3. The third kappa shape index (κ3) is 7.10. The van der Waals surface area contributed by atoms with Gasteiger partial charge in [-0.15, -0.1) is 0 Å². The zero-order chi connectivity index (χ0) is 28.0. The molecule has 1 aliphatic heterocycles. The molecule has 11 heteroatoms. The maximum absolute atomic E-state index is 9.66. The number of hydrogen-bond donors (Lipinski definition) is 1. The molecule has 216 valence electrons. The van der Waals surface area contributed by atoms with Crippen LogP contribution in [0.4, 0.5) is 5.82 Å². The van der Waals surface area contributed by atoms with E-state index in [-0.39, 0.29) is 6.04 Å². The van der Waals surface area contributed by atoms with E-state index in [2.05, 4.69) is 57.7 Å². The average molecular weight is 565 g/mol. The highest BCUT2D eigenvalue weighted by Crippen LogP contribution is 2.38. The van der Waals surface area contributed by atoms with E-state index in [9.17, 15) is 5.26 Å². The second kappa shape index (κ2) is 13.3. The SMILES string of the molecule is C[Si](C)(C)CCOCn1ccc2c(-c3cn(C(CC#N)C4CCCC4)nc3NCCN3CCOCC3)ncnc21. The van der Waals surface area contributed by atoms with Crippen LogP contribution in [0.25, 0.3) is 22.3 Å². The molecule has 1 saturated heterocycles. The van der Waals surface area contributed by atoms with Gasteiger partial charge in [0.1, 0.15) is 18.7 Å². The number of hydrogen-bond acceptors (Lipinski definition) is 8. The van der Waals surface area contributed by atoms with E-state index < -0.39 is 8.07 Å². The number of rotatable bonds is 13. The average Bonchev–Trinajstić information content (AvgIpc) is 3.70. The zero-order valence-corrected chi connectivity index (χ0v) is 25.3. The van der Waals surface area contributed by atoms with Crippen LogP contribution in [0.2, 0.25) is 25.7 Å². The van der Waals surface area contributed by atoms with E-state index in [0.29, 0.717) is 19.1 Å². The molecule has 0 aromatic carbocycles. The fourth-order valence-corrected chi connectivity index (χ4v) is 6.55. The van der Waals surface area contributed by atoms with Gasteiger partial charge in [0.15, 0.2) is 5.82 Å². The minimum Gasteiger partial charge on any atom is -0.379 e. The molecule has 2 aliphatic rings. The molecule has 40 heavy (non-hydrogen) atoms. The fourth-order valence-electron chi connectivity index (χ4n) is 5.80.